The molecular formula is C20H30N2O2. The van der Waals surface area contributed by atoms with Crippen molar-refractivity contribution in [2.75, 3.05) is 40.8 Å². The Kier molecular flexibility index (Phi) is 7.00. The highest BCUT2D eigenvalue weighted by atomic mass is 16.5. The lowest BCUT2D eigenvalue weighted by molar-refractivity contribution is -0.131. The summed E-state index contributed by atoms with van der Waals surface area (Å²) in [6.45, 7) is 4.37. The molecule has 1 aliphatic heterocycles. The molecule has 0 saturated carbocycles. The van der Waals surface area contributed by atoms with E-state index in [4.69, 9.17) is 4.74 Å². The van der Waals surface area contributed by atoms with Gasteiger partial charge in [0, 0.05) is 32.8 Å². The molecule has 0 aromatic heterocycles. The number of aryl methyl sites for hydroxylation is 1. The predicted octanol–water partition coefficient (Wildman–Crippen LogP) is 2.52. The quantitative estimate of drug-likeness (QED) is 0.752. The third-order valence-corrected chi connectivity index (χ3v) is 4.66. The van der Waals surface area contributed by atoms with Crippen molar-refractivity contribution in [3.05, 3.63) is 47.5 Å². The van der Waals surface area contributed by atoms with Crippen molar-refractivity contribution < 1.29 is 9.53 Å². The third-order valence-electron chi connectivity index (χ3n) is 4.66. The summed E-state index contributed by atoms with van der Waals surface area (Å²) in [5, 5.41) is 0. The molecule has 0 radical (unpaired) electrons. The van der Waals surface area contributed by atoms with Gasteiger partial charge in [0.1, 0.15) is 0 Å². The molecule has 0 N–H and O–H groups in total. The van der Waals surface area contributed by atoms with E-state index in [1.54, 1.807) is 13.2 Å². The first-order chi connectivity index (χ1) is 11.5. The summed E-state index contributed by atoms with van der Waals surface area (Å²) < 4.78 is 5.70. The minimum Gasteiger partial charge on any atom is -0.379 e. The Labute approximate surface area is 146 Å². The summed E-state index contributed by atoms with van der Waals surface area (Å²) in [7, 11) is 5.74. The van der Waals surface area contributed by atoms with Crippen molar-refractivity contribution in [2.45, 2.75) is 25.9 Å². The molecule has 0 unspecified atom stereocenters. The Morgan fingerprint density at radius 2 is 2.04 bits per heavy atom. The third kappa shape index (κ3) is 5.46. The molecule has 1 amide bonds. The number of rotatable bonds is 6. The fraction of sp³-hybridized carbons (Fsp3) is 0.550. The average molecular weight is 330 g/mol. The number of hydrogen-bond acceptors (Lipinski definition) is 3. The molecule has 2 rings (SSSR count). The van der Waals surface area contributed by atoms with E-state index >= 15 is 0 Å². The first-order valence-corrected chi connectivity index (χ1v) is 8.68. The molecule has 1 saturated heterocycles. The molecule has 4 nitrogen and oxygen atoms in total. The molecular weight excluding hydrogens is 300 g/mol. The maximum absolute atomic E-state index is 12.3. The standard InChI is InChI=1S/C20H30N2O2/c1-16-7-9-17(10-8-16)14-18-11-13-22(15-19(18)24-4)20(23)6-5-12-21(2)3/h5-10,18-19H,11-15H2,1-4H3/b6-5+/t18-,19-/m1/s1. The molecule has 4 heteroatoms. The maximum atomic E-state index is 12.3. The van der Waals surface area contributed by atoms with Crippen LogP contribution in [0.5, 0.6) is 0 Å². The lowest BCUT2D eigenvalue weighted by atomic mass is 9.87. The highest BCUT2D eigenvalue weighted by molar-refractivity contribution is 5.87. The van der Waals surface area contributed by atoms with E-state index in [1.807, 2.05) is 30.0 Å². The van der Waals surface area contributed by atoms with Gasteiger partial charge in [0.15, 0.2) is 0 Å². The fourth-order valence-electron chi connectivity index (χ4n) is 3.16. The number of ether oxygens (including phenoxy) is 1. The van der Waals surface area contributed by atoms with Crippen molar-refractivity contribution in [2.24, 2.45) is 5.92 Å². The van der Waals surface area contributed by atoms with Gasteiger partial charge in [0.25, 0.3) is 0 Å². The molecule has 0 aliphatic carbocycles. The normalized spacial score (nSPS) is 21.6. The first-order valence-electron chi connectivity index (χ1n) is 8.68. The SMILES string of the molecule is CO[C@@H]1CN(C(=O)/C=C/CN(C)C)CC[C@@H]1Cc1ccc(C)cc1. The molecule has 1 fully saturated rings. The van der Waals surface area contributed by atoms with Gasteiger partial charge in [-0.25, -0.2) is 0 Å². The molecule has 1 aromatic rings. The molecule has 0 bridgehead atoms. The van der Waals surface area contributed by atoms with Crippen LogP contribution in [0.4, 0.5) is 0 Å². The number of benzene rings is 1. The molecule has 2 atom stereocenters. The number of methoxy groups -OCH3 is 1. The zero-order valence-corrected chi connectivity index (χ0v) is 15.4. The number of carbonyl (C=O) groups is 1. The van der Waals surface area contributed by atoms with Crippen LogP contribution in [0.2, 0.25) is 0 Å². The Bertz CT molecular complexity index is 551. The Hall–Kier alpha value is -1.65. The molecule has 1 aromatic carbocycles. The summed E-state index contributed by atoms with van der Waals surface area (Å²) in [6.07, 6.45) is 5.71. The number of likely N-dealkylation sites (tertiary alicyclic amines) is 1. The van der Waals surface area contributed by atoms with Crippen LogP contribution >= 0.6 is 0 Å². The van der Waals surface area contributed by atoms with E-state index in [2.05, 4.69) is 31.2 Å². The second-order valence-electron chi connectivity index (χ2n) is 6.96. The van der Waals surface area contributed by atoms with Crippen LogP contribution in [-0.2, 0) is 16.0 Å². The second-order valence-corrected chi connectivity index (χ2v) is 6.96. The van der Waals surface area contributed by atoms with Crippen molar-refractivity contribution in [3.63, 3.8) is 0 Å². The van der Waals surface area contributed by atoms with Crippen LogP contribution in [0.3, 0.4) is 0 Å². The molecule has 132 valence electrons. The Balaban J connectivity index is 1.91. The number of hydrogen-bond donors (Lipinski definition) is 0. The van der Waals surface area contributed by atoms with Gasteiger partial charge in [0.05, 0.1) is 6.10 Å². The van der Waals surface area contributed by atoms with Crippen molar-refractivity contribution in [1.82, 2.24) is 9.80 Å². The lowest BCUT2D eigenvalue weighted by Crippen LogP contribution is -2.47. The van der Waals surface area contributed by atoms with Gasteiger partial charge in [-0.3, -0.25) is 4.79 Å². The lowest BCUT2D eigenvalue weighted by Gasteiger charge is -2.37. The van der Waals surface area contributed by atoms with E-state index in [0.29, 0.717) is 12.5 Å². The topological polar surface area (TPSA) is 32.8 Å². The first kappa shape index (κ1) is 18.7. The number of nitrogens with zero attached hydrogens (tertiary/aromatic N) is 2. The summed E-state index contributed by atoms with van der Waals surface area (Å²) in [4.78, 5) is 16.3. The number of carbonyl (C=O) groups excluding carboxylic acids is 1. The zero-order valence-electron chi connectivity index (χ0n) is 15.4. The summed E-state index contributed by atoms with van der Waals surface area (Å²) in [5.74, 6) is 0.556. The minimum atomic E-state index is 0.0904. The Morgan fingerprint density at radius 1 is 1.33 bits per heavy atom. The number of piperidine rings is 1. The van der Waals surface area contributed by atoms with E-state index in [9.17, 15) is 4.79 Å². The molecule has 0 spiro atoms. The summed E-state index contributed by atoms with van der Waals surface area (Å²) >= 11 is 0. The van der Waals surface area contributed by atoms with Gasteiger partial charge in [-0.05, 0) is 45.3 Å². The highest BCUT2D eigenvalue weighted by Gasteiger charge is 2.30. The maximum Gasteiger partial charge on any atom is 0.246 e. The van der Waals surface area contributed by atoms with Crippen LogP contribution in [0.15, 0.2) is 36.4 Å². The van der Waals surface area contributed by atoms with Gasteiger partial charge in [0.2, 0.25) is 5.91 Å². The van der Waals surface area contributed by atoms with Crippen LogP contribution in [0.25, 0.3) is 0 Å². The average Bonchev–Trinajstić information content (AvgIpc) is 2.56. The van der Waals surface area contributed by atoms with Gasteiger partial charge in [-0.1, -0.05) is 35.9 Å². The van der Waals surface area contributed by atoms with E-state index in [0.717, 1.165) is 25.9 Å². The summed E-state index contributed by atoms with van der Waals surface area (Å²) in [5.41, 5.74) is 2.63. The van der Waals surface area contributed by atoms with Gasteiger partial charge in [-0.2, -0.15) is 0 Å². The van der Waals surface area contributed by atoms with E-state index in [1.165, 1.54) is 11.1 Å². The smallest absolute Gasteiger partial charge is 0.246 e. The molecule has 1 heterocycles. The van der Waals surface area contributed by atoms with Gasteiger partial charge >= 0.3 is 0 Å². The minimum absolute atomic E-state index is 0.0904. The van der Waals surface area contributed by atoms with Crippen LogP contribution in [0.1, 0.15) is 17.5 Å². The second kappa shape index (κ2) is 9.00. The summed E-state index contributed by atoms with van der Waals surface area (Å²) in [6, 6.07) is 8.71. The van der Waals surface area contributed by atoms with Crippen LogP contribution in [-0.4, -0.2) is 62.7 Å². The zero-order chi connectivity index (χ0) is 17.5. The van der Waals surface area contributed by atoms with E-state index < -0.39 is 0 Å². The van der Waals surface area contributed by atoms with Gasteiger partial charge in [-0.15, -0.1) is 0 Å². The molecule has 1 aliphatic rings. The van der Waals surface area contributed by atoms with Crippen molar-refractivity contribution in [3.8, 4) is 0 Å². The van der Waals surface area contributed by atoms with Crippen LogP contribution in [0, 0.1) is 12.8 Å². The van der Waals surface area contributed by atoms with E-state index in [-0.39, 0.29) is 12.0 Å². The fourth-order valence-corrected chi connectivity index (χ4v) is 3.16. The van der Waals surface area contributed by atoms with Crippen molar-refractivity contribution >= 4 is 5.91 Å². The van der Waals surface area contributed by atoms with Gasteiger partial charge < -0.3 is 14.5 Å². The molecule has 24 heavy (non-hydrogen) atoms. The Morgan fingerprint density at radius 3 is 2.67 bits per heavy atom. The number of likely N-dealkylation sites (N-methyl/N-ethyl adjacent to an activating group) is 1. The number of amides is 1. The monoisotopic (exact) mass is 330 g/mol. The van der Waals surface area contributed by atoms with Crippen LogP contribution < -0.4 is 0 Å². The largest absolute Gasteiger partial charge is 0.379 e. The van der Waals surface area contributed by atoms with Crippen molar-refractivity contribution in [1.29, 1.82) is 0 Å². The highest BCUT2D eigenvalue weighted by Crippen LogP contribution is 2.24. The predicted molar refractivity (Wildman–Crippen MR) is 98.1 cm³/mol.